The largest absolute Gasteiger partial charge is 0.484 e. The van der Waals surface area contributed by atoms with E-state index in [2.05, 4.69) is 4.90 Å². The molecule has 1 aliphatic heterocycles. The highest BCUT2D eigenvalue weighted by Gasteiger charge is 2.15. The number of hydrogen-bond donors (Lipinski definition) is 2. The summed E-state index contributed by atoms with van der Waals surface area (Å²) in [6.45, 7) is 2.97. The Morgan fingerprint density at radius 3 is 2.47 bits per heavy atom. The molecule has 0 aromatic heterocycles. The third-order valence-corrected chi connectivity index (χ3v) is 3.34. The standard InChI is InChI=1S/C14H21N3O2/c15-12-5-7-17(8-6-12)9-11-1-3-13(4-2-11)19-10-14(16)18/h1-4,12H,5-10,15H2,(H2,16,18). The lowest BCUT2D eigenvalue weighted by Crippen LogP contribution is -2.39. The van der Waals surface area contributed by atoms with Crippen LogP contribution >= 0.6 is 0 Å². The number of carbonyl (C=O) groups excluding carboxylic acids is 1. The summed E-state index contributed by atoms with van der Waals surface area (Å²) in [5.74, 6) is 0.206. The van der Waals surface area contributed by atoms with Crippen molar-refractivity contribution in [3.63, 3.8) is 0 Å². The van der Waals surface area contributed by atoms with Crippen LogP contribution in [0.4, 0.5) is 0 Å². The van der Waals surface area contributed by atoms with Crippen LogP contribution in [0.3, 0.4) is 0 Å². The molecule has 0 radical (unpaired) electrons. The molecule has 1 heterocycles. The predicted octanol–water partition coefficient (Wildman–Crippen LogP) is 0.474. The van der Waals surface area contributed by atoms with Gasteiger partial charge in [0.25, 0.3) is 5.91 Å². The van der Waals surface area contributed by atoms with Gasteiger partial charge >= 0.3 is 0 Å². The minimum atomic E-state index is -0.464. The van der Waals surface area contributed by atoms with Gasteiger partial charge in [0, 0.05) is 12.6 Å². The summed E-state index contributed by atoms with van der Waals surface area (Å²) < 4.78 is 5.22. The maximum atomic E-state index is 10.6. The average Bonchev–Trinajstić information content (AvgIpc) is 2.40. The van der Waals surface area contributed by atoms with Crippen molar-refractivity contribution < 1.29 is 9.53 Å². The number of carbonyl (C=O) groups is 1. The van der Waals surface area contributed by atoms with Gasteiger partial charge in [-0.2, -0.15) is 0 Å². The van der Waals surface area contributed by atoms with Crippen molar-refractivity contribution in [1.29, 1.82) is 0 Å². The van der Waals surface area contributed by atoms with Crippen LogP contribution in [0.15, 0.2) is 24.3 Å². The molecule has 5 nitrogen and oxygen atoms in total. The van der Waals surface area contributed by atoms with Crippen LogP contribution in [0.2, 0.25) is 0 Å². The minimum Gasteiger partial charge on any atom is -0.484 e. The van der Waals surface area contributed by atoms with Gasteiger partial charge in [-0.15, -0.1) is 0 Å². The van der Waals surface area contributed by atoms with Crippen LogP contribution in [0.5, 0.6) is 5.75 Å². The lowest BCUT2D eigenvalue weighted by molar-refractivity contribution is -0.119. The number of hydrogen-bond acceptors (Lipinski definition) is 4. The van der Waals surface area contributed by atoms with E-state index in [4.69, 9.17) is 16.2 Å². The van der Waals surface area contributed by atoms with Crippen molar-refractivity contribution in [2.45, 2.75) is 25.4 Å². The van der Waals surface area contributed by atoms with Crippen molar-refractivity contribution in [2.24, 2.45) is 11.5 Å². The van der Waals surface area contributed by atoms with Crippen molar-refractivity contribution in [3.8, 4) is 5.75 Å². The van der Waals surface area contributed by atoms with Gasteiger partial charge in [-0.3, -0.25) is 9.69 Å². The lowest BCUT2D eigenvalue weighted by atomic mass is 10.1. The van der Waals surface area contributed by atoms with Gasteiger partial charge < -0.3 is 16.2 Å². The summed E-state index contributed by atoms with van der Waals surface area (Å²) in [4.78, 5) is 13.0. The van der Waals surface area contributed by atoms with Crippen molar-refractivity contribution in [2.75, 3.05) is 19.7 Å². The number of piperidine rings is 1. The normalized spacial score (nSPS) is 17.3. The molecule has 4 N–H and O–H groups in total. The summed E-state index contributed by atoms with van der Waals surface area (Å²) in [7, 11) is 0. The summed E-state index contributed by atoms with van der Waals surface area (Å²) in [6.07, 6.45) is 2.14. The van der Waals surface area contributed by atoms with E-state index in [0.29, 0.717) is 11.8 Å². The number of benzene rings is 1. The Morgan fingerprint density at radius 2 is 1.89 bits per heavy atom. The maximum Gasteiger partial charge on any atom is 0.255 e. The highest BCUT2D eigenvalue weighted by atomic mass is 16.5. The summed E-state index contributed by atoms with van der Waals surface area (Å²) in [5, 5.41) is 0. The first-order valence-electron chi connectivity index (χ1n) is 6.61. The number of nitrogens with two attached hydrogens (primary N) is 2. The topological polar surface area (TPSA) is 81.6 Å². The van der Waals surface area contributed by atoms with E-state index in [-0.39, 0.29) is 6.61 Å². The molecule has 1 aromatic rings. The molecule has 1 amide bonds. The van der Waals surface area contributed by atoms with E-state index in [1.165, 1.54) is 5.56 Å². The van der Waals surface area contributed by atoms with Gasteiger partial charge in [-0.25, -0.2) is 0 Å². The Kier molecular flexibility index (Phi) is 4.76. The van der Waals surface area contributed by atoms with Gasteiger partial charge in [0.1, 0.15) is 5.75 Å². The highest BCUT2D eigenvalue weighted by Crippen LogP contribution is 2.16. The van der Waals surface area contributed by atoms with Gasteiger partial charge in [0.15, 0.2) is 6.61 Å². The van der Waals surface area contributed by atoms with Crippen LogP contribution in [0.1, 0.15) is 18.4 Å². The van der Waals surface area contributed by atoms with E-state index in [9.17, 15) is 4.79 Å². The third kappa shape index (κ3) is 4.54. The molecule has 0 bridgehead atoms. The maximum absolute atomic E-state index is 10.6. The number of amides is 1. The molecule has 0 spiro atoms. The Bertz CT molecular complexity index is 411. The second-order valence-electron chi connectivity index (χ2n) is 5.01. The fourth-order valence-electron chi connectivity index (χ4n) is 2.21. The Hall–Kier alpha value is -1.59. The molecule has 0 saturated carbocycles. The predicted molar refractivity (Wildman–Crippen MR) is 73.6 cm³/mol. The summed E-state index contributed by atoms with van der Waals surface area (Å²) in [6, 6.07) is 8.14. The van der Waals surface area contributed by atoms with E-state index >= 15 is 0 Å². The molecule has 1 aromatic carbocycles. The molecule has 5 heteroatoms. The van der Waals surface area contributed by atoms with Gasteiger partial charge in [-0.1, -0.05) is 12.1 Å². The van der Waals surface area contributed by atoms with Crippen LogP contribution in [0, 0.1) is 0 Å². The Morgan fingerprint density at radius 1 is 1.26 bits per heavy atom. The van der Waals surface area contributed by atoms with E-state index in [0.717, 1.165) is 32.5 Å². The third-order valence-electron chi connectivity index (χ3n) is 3.34. The molecule has 19 heavy (non-hydrogen) atoms. The molecule has 0 aliphatic carbocycles. The molecule has 0 atom stereocenters. The molecule has 1 fully saturated rings. The van der Waals surface area contributed by atoms with Crippen LogP contribution in [0.25, 0.3) is 0 Å². The Balaban J connectivity index is 1.83. The number of primary amides is 1. The summed E-state index contributed by atoms with van der Waals surface area (Å²) in [5.41, 5.74) is 12.1. The summed E-state index contributed by atoms with van der Waals surface area (Å²) >= 11 is 0. The van der Waals surface area contributed by atoms with Gasteiger partial charge in [0.2, 0.25) is 0 Å². The smallest absolute Gasteiger partial charge is 0.255 e. The van der Waals surface area contributed by atoms with Crippen LogP contribution < -0.4 is 16.2 Å². The Labute approximate surface area is 113 Å². The second kappa shape index (κ2) is 6.54. The zero-order chi connectivity index (χ0) is 13.7. The van der Waals surface area contributed by atoms with Gasteiger partial charge in [0.05, 0.1) is 0 Å². The first kappa shape index (κ1) is 13.8. The number of nitrogens with zero attached hydrogens (tertiary/aromatic N) is 1. The number of likely N-dealkylation sites (tertiary alicyclic amines) is 1. The first-order valence-corrected chi connectivity index (χ1v) is 6.61. The first-order chi connectivity index (χ1) is 9.13. The van der Waals surface area contributed by atoms with E-state index in [1.54, 1.807) is 0 Å². The van der Waals surface area contributed by atoms with E-state index in [1.807, 2.05) is 24.3 Å². The molecule has 2 rings (SSSR count). The number of ether oxygens (including phenoxy) is 1. The zero-order valence-corrected chi connectivity index (χ0v) is 11.0. The van der Waals surface area contributed by atoms with Crippen molar-refractivity contribution in [1.82, 2.24) is 4.90 Å². The molecule has 1 aliphatic rings. The quantitative estimate of drug-likeness (QED) is 0.809. The zero-order valence-electron chi connectivity index (χ0n) is 11.0. The van der Waals surface area contributed by atoms with Crippen LogP contribution in [-0.2, 0) is 11.3 Å². The van der Waals surface area contributed by atoms with Crippen molar-refractivity contribution in [3.05, 3.63) is 29.8 Å². The fourth-order valence-corrected chi connectivity index (χ4v) is 2.21. The molecule has 104 valence electrons. The fraction of sp³-hybridized carbons (Fsp3) is 0.500. The second-order valence-corrected chi connectivity index (χ2v) is 5.01. The SMILES string of the molecule is NC(=O)COc1ccc(CN2CCC(N)CC2)cc1. The molecular formula is C14H21N3O2. The van der Waals surface area contributed by atoms with Gasteiger partial charge in [-0.05, 0) is 43.6 Å². The average molecular weight is 263 g/mol. The number of rotatable bonds is 5. The molecule has 1 saturated heterocycles. The highest BCUT2D eigenvalue weighted by molar-refractivity contribution is 5.75. The van der Waals surface area contributed by atoms with Crippen LogP contribution in [-0.4, -0.2) is 36.5 Å². The lowest BCUT2D eigenvalue weighted by Gasteiger charge is -2.30. The molecular weight excluding hydrogens is 242 g/mol. The molecule has 0 unspecified atom stereocenters. The van der Waals surface area contributed by atoms with E-state index < -0.39 is 5.91 Å². The minimum absolute atomic E-state index is 0.0800. The monoisotopic (exact) mass is 263 g/mol. The van der Waals surface area contributed by atoms with Crippen molar-refractivity contribution >= 4 is 5.91 Å².